The van der Waals surface area contributed by atoms with Gasteiger partial charge >= 0.3 is 0 Å². The largest absolute Gasteiger partial charge is 0.392 e. The van der Waals surface area contributed by atoms with Crippen LogP contribution < -0.4 is 5.73 Å². The summed E-state index contributed by atoms with van der Waals surface area (Å²) in [6, 6.07) is 4.87. The molecule has 4 nitrogen and oxygen atoms in total. The molecule has 1 aliphatic rings. The Morgan fingerprint density at radius 1 is 1.33 bits per heavy atom. The lowest BCUT2D eigenvalue weighted by molar-refractivity contribution is 0.333. The van der Waals surface area contributed by atoms with Crippen molar-refractivity contribution in [3.63, 3.8) is 0 Å². The molecule has 8 heteroatoms. The van der Waals surface area contributed by atoms with Crippen molar-refractivity contribution in [2.75, 3.05) is 19.3 Å². The summed E-state index contributed by atoms with van der Waals surface area (Å²) in [5.41, 5.74) is 5.80. The molecule has 1 fully saturated rings. The fourth-order valence-corrected chi connectivity index (χ4v) is 5.08. The number of nitrogens with zero attached hydrogens (tertiary/aromatic N) is 1. The molecule has 2 N–H and O–H groups in total. The van der Waals surface area contributed by atoms with Crippen molar-refractivity contribution in [1.29, 1.82) is 0 Å². The molecular weight excluding hydrogens is 331 g/mol. The van der Waals surface area contributed by atoms with E-state index in [1.165, 1.54) is 16.4 Å². The first-order chi connectivity index (χ1) is 9.82. The zero-order valence-electron chi connectivity index (χ0n) is 11.6. The van der Waals surface area contributed by atoms with E-state index in [2.05, 4.69) is 0 Å². The Kier molecular flexibility index (Phi) is 4.92. The number of hydrogen-bond donors (Lipinski definition) is 1. The second-order valence-electron chi connectivity index (χ2n) is 4.92. The van der Waals surface area contributed by atoms with Crippen molar-refractivity contribution in [3.05, 3.63) is 30.1 Å². The molecule has 0 bridgehead atoms. The lowest BCUT2D eigenvalue weighted by atomic mass is 9.97. The summed E-state index contributed by atoms with van der Waals surface area (Å²) in [6.45, 7) is 0.718. The van der Waals surface area contributed by atoms with Crippen LogP contribution in [0, 0.1) is 5.82 Å². The average molecular weight is 348 g/mol. The van der Waals surface area contributed by atoms with Gasteiger partial charge in [0.05, 0.1) is 14.6 Å². The van der Waals surface area contributed by atoms with Crippen molar-refractivity contribution >= 4 is 39.0 Å². The first-order valence-electron chi connectivity index (χ1n) is 6.43. The van der Waals surface area contributed by atoms with Crippen LogP contribution in [0.25, 0.3) is 0 Å². The van der Waals surface area contributed by atoms with Crippen LogP contribution in [0.3, 0.4) is 0 Å². The monoisotopic (exact) mass is 348 g/mol. The number of sulfonamides is 1. The summed E-state index contributed by atoms with van der Waals surface area (Å²) in [7, 11) is -3.59. The van der Waals surface area contributed by atoms with Crippen LogP contribution in [0.5, 0.6) is 0 Å². The molecule has 0 radical (unpaired) electrons. The quantitative estimate of drug-likeness (QED) is 0.843. The predicted molar refractivity (Wildman–Crippen MR) is 87.4 cm³/mol. The molecule has 1 heterocycles. The minimum absolute atomic E-state index is 0.107. The molecule has 1 aliphatic heterocycles. The van der Waals surface area contributed by atoms with E-state index in [1.807, 2.05) is 6.26 Å². The number of benzene rings is 1. The summed E-state index contributed by atoms with van der Waals surface area (Å²) in [6.07, 6.45) is 3.11. The molecule has 0 unspecified atom stereocenters. The Labute approximate surface area is 133 Å². The van der Waals surface area contributed by atoms with Crippen molar-refractivity contribution in [1.82, 2.24) is 4.31 Å². The fourth-order valence-electron chi connectivity index (χ4n) is 2.39. The van der Waals surface area contributed by atoms with Gasteiger partial charge in [-0.05, 0) is 43.4 Å². The Balaban J connectivity index is 2.18. The zero-order valence-corrected chi connectivity index (χ0v) is 14.0. The van der Waals surface area contributed by atoms with E-state index < -0.39 is 15.8 Å². The predicted octanol–water partition coefficient (Wildman–Crippen LogP) is 2.00. The molecule has 0 amide bonds. The Morgan fingerprint density at radius 2 is 1.86 bits per heavy atom. The highest BCUT2D eigenvalue weighted by molar-refractivity contribution is 8.02. The minimum Gasteiger partial charge on any atom is -0.392 e. The molecule has 1 aromatic carbocycles. The van der Waals surface area contributed by atoms with Gasteiger partial charge in [-0.1, -0.05) is 12.2 Å². The van der Waals surface area contributed by atoms with Crippen molar-refractivity contribution in [3.8, 4) is 0 Å². The molecule has 116 valence electrons. The third-order valence-corrected chi connectivity index (χ3v) is 7.66. The van der Waals surface area contributed by atoms with Gasteiger partial charge in [-0.2, -0.15) is 16.1 Å². The molecule has 1 aromatic rings. The standard InChI is InChI=1S/C13H17FN2O2S3/c1-20-13(12(15)19)6-8-16(9-7-13)21(17,18)11-4-2-10(14)3-5-11/h2-5H,6-9H2,1H3,(H2,15,19). The molecule has 0 atom stereocenters. The number of thioether (sulfide) groups is 1. The van der Waals surface area contributed by atoms with Crippen molar-refractivity contribution < 1.29 is 12.8 Å². The number of nitrogens with two attached hydrogens (primary N) is 1. The molecule has 0 aromatic heterocycles. The number of rotatable bonds is 4. The van der Waals surface area contributed by atoms with Crippen LogP contribution in [0.4, 0.5) is 4.39 Å². The van der Waals surface area contributed by atoms with E-state index in [-0.39, 0.29) is 9.64 Å². The Bertz CT molecular complexity index is 623. The van der Waals surface area contributed by atoms with Crippen LogP contribution in [0.1, 0.15) is 12.8 Å². The van der Waals surface area contributed by atoms with Gasteiger partial charge in [-0.3, -0.25) is 0 Å². The third-order valence-electron chi connectivity index (χ3n) is 3.82. The van der Waals surface area contributed by atoms with E-state index in [0.29, 0.717) is 30.9 Å². The SMILES string of the molecule is CSC1(C(N)=S)CCN(S(=O)(=O)c2ccc(F)cc2)CC1. The van der Waals surface area contributed by atoms with Gasteiger partial charge in [-0.25, -0.2) is 12.8 Å². The van der Waals surface area contributed by atoms with Crippen LogP contribution >= 0.6 is 24.0 Å². The summed E-state index contributed by atoms with van der Waals surface area (Å²) in [4.78, 5) is 0.532. The van der Waals surface area contributed by atoms with Crippen LogP contribution in [-0.4, -0.2) is 41.8 Å². The average Bonchev–Trinajstić information content (AvgIpc) is 2.47. The number of hydrogen-bond acceptors (Lipinski definition) is 4. The molecule has 2 rings (SSSR count). The fraction of sp³-hybridized carbons (Fsp3) is 0.462. The highest BCUT2D eigenvalue weighted by atomic mass is 32.2. The summed E-state index contributed by atoms with van der Waals surface area (Å²) in [5.74, 6) is -0.456. The molecule has 1 saturated heterocycles. The van der Waals surface area contributed by atoms with Gasteiger partial charge in [0.1, 0.15) is 5.82 Å². The number of thiocarbonyl (C=S) groups is 1. The van der Waals surface area contributed by atoms with Gasteiger partial charge in [0.2, 0.25) is 10.0 Å². The third kappa shape index (κ3) is 3.23. The number of piperidine rings is 1. The second-order valence-corrected chi connectivity index (χ2v) is 8.49. The van der Waals surface area contributed by atoms with E-state index in [9.17, 15) is 12.8 Å². The first kappa shape index (κ1) is 16.7. The maximum Gasteiger partial charge on any atom is 0.243 e. The van der Waals surface area contributed by atoms with Gasteiger partial charge in [0, 0.05) is 13.1 Å². The van der Waals surface area contributed by atoms with E-state index >= 15 is 0 Å². The summed E-state index contributed by atoms with van der Waals surface area (Å²) >= 11 is 6.69. The van der Waals surface area contributed by atoms with Crippen molar-refractivity contribution in [2.24, 2.45) is 5.73 Å². The van der Waals surface area contributed by atoms with Crippen LogP contribution in [-0.2, 0) is 10.0 Å². The highest BCUT2D eigenvalue weighted by Gasteiger charge is 2.40. The first-order valence-corrected chi connectivity index (χ1v) is 9.50. The van der Waals surface area contributed by atoms with E-state index in [1.54, 1.807) is 11.8 Å². The van der Waals surface area contributed by atoms with Crippen LogP contribution in [0.15, 0.2) is 29.2 Å². The molecule has 0 saturated carbocycles. The maximum absolute atomic E-state index is 12.9. The zero-order chi connectivity index (χ0) is 15.7. The maximum atomic E-state index is 12.9. The highest BCUT2D eigenvalue weighted by Crippen LogP contribution is 2.36. The lowest BCUT2D eigenvalue weighted by Crippen LogP contribution is -2.50. The van der Waals surface area contributed by atoms with Gasteiger partial charge in [-0.15, -0.1) is 0 Å². The molecule has 0 spiro atoms. The smallest absolute Gasteiger partial charge is 0.243 e. The minimum atomic E-state index is -3.59. The van der Waals surface area contributed by atoms with Gasteiger partial charge < -0.3 is 5.73 Å². The summed E-state index contributed by atoms with van der Waals surface area (Å²) < 4.78 is 39.0. The molecule has 21 heavy (non-hydrogen) atoms. The van der Waals surface area contributed by atoms with E-state index in [4.69, 9.17) is 18.0 Å². The van der Waals surface area contributed by atoms with Crippen molar-refractivity contribution in [2.45, 2.75) is 22.5 Å². The van der Waals surface area contributed by atoms with Gasteiger partial charge in [0.25, 0.3) is 0 Å². The van der Waals surface area contributed by atoms with Gasteiger partial charge in [0.15, 0.2) is 0 Å². The molecule has 0 aliphatic carbocycles. The van der Waals surface area contributed by atoms with E-state index in [0.717, 1.165) is 12.1 Å². The lowest BCUT2D eigenvalue weighted by Gasteiger charge is -2.39. The Hall–Kier alpha value is -0.700. The summed E-state index contributed by atoms with van der Waals surface area (Å²) in [5, 5.41) is 0. The topological polar surface area (TPSA) is 63.4 Å². The number of halogens is 1. The normalized spacial score (nSPS) is 19.3. The second kappa shape index (κ2) is 6.20. The van der Waals surface area contributed by atoms with Crippen LogP contribution in [0.2, 0.25) is 0 Å². The Morgan fingerprint density at radius 3 is 2.29 bits per heavy atom. The molecular formula is C13H17FN2O2S3.